The Balaban J connectivity index is 1.39. The first-order valence-corrected chi connectivity index (χ1v) is 8.71. The number of hydrogen-bond donors (Lipinski definition) is 1. The molecule has 4 rings (SSSR count). The van der Waals surface area contributed by atoms with Gasteiger partial charge in [-0.1, -0.05) is 65.8 Å². The zero-order chi connectivity index (χ0) is 19.3. The average molecular weight is 373 g/mol. The van der Waals surface area contributed by atoms with Crippen molar-refractivity contribution in [3.8, 4) is 22.6 Å². The quantitative estimate of drug-likeness (QED) is 0.549. The number of rotatable bonds is 5. The smallest absolute Gasteiger partial charge is 0.322 e. The number of nitrogens with one attached hydrogen (secondary N) is 1. The Kier molecular flexibility index (Phi) is 4.93. The van der Waals surface area contributed by atoms with Crippen LogP contribution in [0.5, 0.6) is 0 Å². The summed E-state index contributed by atoms with van der Waals surface area (Å²) in [5, 5.41) is 10.2. The van der Waals surface area contributed by atoms with E-state index in [-0.39, 0.29) is 24.2 Å². The third kappa shape index (κ3) is 4.12. The molecular formula is C22H16FN3O2. The van der Waals surface area contributed by atoms with E-state index in [1.54, 1.807) is 12.1 Å². The molecule has 0 aliphatic rings. The predicted molar refractivity (Wildman–Crippen MR) is 104 cm³/mol. The van der Waals surface area contributed by atoms with Crippen LogP contribution in [0.25, 0.3) is 22.6 Å². The Morgan fingerprint density at radius 1 is 0.857 bits per heavy atom. The van der Waals surface area contributed by atoms with Crippen LogP contribution in [0.2, 0.25) is 0 Å². The van der Waals surface area contributed by atoms with Crippen LogP contribution in [0.15, 0.2) is 83.3 Å². The fourth-order valence-electron chi connectivity index (χ4n) is 2.81. The first kappa shape index (κ1) is 17.6. The van der Waals surface area contributed by atoms with Crippen molar-refractivity contribution in [2.75, 3.05) is 5.32 Å². The van der Waals surface area contributed by atoms with E-state index in [9.17, 15) is 9.18 Å². The van der Waals surface area contributed by atoms with Crippen LogP contribution in [-0.2, 0) is 11.2 Å². The van der Waals surface area contributed by atoms with Gasteiger partial charge in [0.25, 0.3) is 0 Å². The maximum Gasteiger partial charge on any atom is 0.322 e. The summed E-state index contributed by atoms with van der Waals surface area (Å²) in [6.45, 7) is 0. The molecule has 0 atom stereocenters. The summed E-state index contributed by atoms with van der Waals surface area (Å²) >= 11 is 0. The van der Waals surface area contributed by atoms with E-state index in [1.165, 1.54) is 12.1 Å². The van der Waals surface area contributed by atoms with Gasteiger partial charge in [-0.15, -0.1) is 5.10 Å². The van der Waals surface area contributed by atoms with Crippen LogP contribution < -0.4 is 5.32 Å². The monoisotopic (exact) mass is 373 g/mol. The molecule has 0 spiro atoms. The topological polar surface area (TPSA) is 68.0 Å². The van der Waals surface area contributed by atoms with Gasteiger partial charge in [-0.05, 0) is 34.9 Å². The van der Waals surface area contributed by atoms with Crippen molar-refractivity contribution < 1.29 is 13.6 Å². The molecule has 0 bridgehead atoms. The highest BCUT2D eigenvalue weighted by Crippen LogP contribution is 2.21. The summed E-state index contributed by atoms with van der Waals surface area (Å²) in [6, 6.07) is 23.6. The van der Waals surface area contributed by atoms with Crippen LogP contribution in [-0.4, -0.2) is 16.1 Å². The first-order valence-electron chi connectivity index (χ1n) is 8.71. The minimum Gasteiger partial charge on any atom is -0.403 e. The molecule has 0 radical (unpaired) electrons. The van der Waals surface area contributed by atoms with E-state index in [2.05, 4.69) is 15.5 Å². The van der Waals surface area contributed by atoms with Crippen LogP contribution >= 0.6 is 0 Å². The zero-order valence-corrected chi connectivity index (χ0v) is 14.8. The van der Waals surface area contributed by atoms with Crippen molar-refractivity contribution in [2.45, 2.75) is 6.42 Å². The normalized spacial score (nSPS) is 10.6. The van der Waals surface area contributed by atoms with Gasteiger partial charge < -0.3 is 4.42 Å². The molecule has 4 aromatic rings. The minimum absolute atomic E-state index is 0.0230. The lowest BCUT2D eigenvalue weighted by molar-refractivity contribution is -0.115. The number of benzene rings is 3. The molecular weight excluding hydrogens is 357 g/mol. The maximum absolute atomic E-state index is 13.3. The van der Waals surface area contributed by atoms with Gasteiger partial charge in [0.15, 0.2) is 0 Å². The molecule has 3 aromatic carbocycles. The number of halogens is 1. The van der Waals surface area contributed by atoms with Gasteiger partial charge in [-0.2, -0.15) is 0 Å². The third-order valence-corrected chi connectivity index (χ3v) is 4.17. The van der Waals surface area contributed by atoms with E-state index in [0.717, 1.165) is 16.7 Å². The van der Waals surface area contributed by atoms with Crippen LogP contribution in [0.4, 0.5) is 10.4 Å². The average Bonchev–Trinajstić information content (AvgIpc) is 3.17. The predicted octanol–water partition coefficient (Wildman–Crippen LogP) is 4.72. The molecule has 5 nitrogen and oxygen atoms in total. The van der Waals surface area contributed by atoms with Gasteiger partial charge in [0.2, 0.25) is 11.8 Å². The minimum atomic E-state index is -0.403. The standard InChI is InChI=1S/C22H16FN3O2/c23-19-8-4-7-18(14-19)21-25-26-22(28-21)24-20(27)13-15-9-11-17(12-10-15)16-5-2-1-3-6-16/h1-12,14H,13H2,(H,24,26,27). The van der Waals surface area contributed by atoms with E-state index < -0.39 is 5.82 Å². The van der Waals surface area contributed by atoms with Gasteiger partial charge in [-0.3, -0.25) is 10.1 Å². The summed E-state index contributed by atoms with van der Waals surface area (Å²) in [4.78, 5) is 12.2. The number of carbonyl (C=O) groups excluding carboxylic acids is 1. The molecule has 1 aromatic heterocycles. The summed E-state index contributed by atoms with van der Waals surface area (Å²) in [7, 11) is 0. The Labute approximate surface area is 160 Å². The number of nitrogens with zero attached hydrogens (tertiary/aromatic N) is 2. The molecule has 0 unspecified atom stereocenters. The van der Waals surface area contributed by atoms with E-state index in [4.69, 9.17) is 4.42 Å². The van der Waals surface area contributed by atoms with Crippen molar-refractivity contribution in [3.05, 3.63) is 90.2 Å². The Morgan fingerprint density at radius 2 is 1.57 bits per heavy atom. The second-order valence-corrected chi connectivity index (χ2v) is 6.21. The van der Waals surface area contributed by atoms with Crippen molar-refractivity contribution in [1.82, 2.24) is 10.2 Å². The summed E-state index contributed by atoms with van der Waals surface area (Å²) in [5.41, 5.74) is 3.52. The van der Waals surface area contributed by atoms with Gasteiger partial charge in [0, 0.05) is 5.56 Å². The van der Waals surface area contributed by atoms with E-state index >= 15 is 0 Å². The summed E-state index contributed by atoms with van der Waals surface area (Å²) < 4.78 is 18.7. The number of aromatic nitrogens is 2. The second-order valence-electron chi connectivity index (χ2n) is 6.21. The van der Waals surface area contributed by atoms with E-state index in [1.807, 2.05) is 54.6 Å². The number of carbonyl (C=O) groups is 1. The first-order chi connectivity index (χ1) is 13.7. The molecule has 1 N–H and O–H groups in total. The SMILES string of the molecule is O=C(Cc1ccc(-c2ccccc2)cc1)Nc1nnc(-c2cccc(F)c2)o1. The molecule has 0 aliphatic heterocycles. The highest BCUT2D eigenvalue weighted by molar-refractivity contribution is 5.90. The molecule has 0 saturated carbocycles. The van der Waals surface area contributed by atoms with Crippen molar-refractivity contribution in [1.29, 1.82) is 0 Å². The Hall–Kier alpha value is -3.80. The summed E-state index contributed by atoms with van der Waals surface area (Å²) in [5.74, 6) is -0.538. The van der Waals surface area contributed by atoms with Crippen molar-refractivity contribution in [3.63, 3.8) is 0 Å². The fourth-order valence-corrected chi connectivity index (χ4v) is 2.81. The molecule has 0 fully saturated rings. The molecule has 1 heterocycles. The van der Waals surface area contributed by atoms with Crippen LogP contribution in [0.1, 0.15) is 5.56 Å². The van der Waals surface area contributed by atoms with Crippen molar-refractivity contribution in [2.24, 2.45) is 0 Å². The van der Waals surface area contributed by atoms with Crippen LogP contribution in [0, 0.1) is 5.82 Å². The summed E-state index contributed by atoms with van der Waals surface area (Å²) in [6.07, 6.45) is 0.173. The lowest BCUT2D eigenvalue weighted by Crippen LogP contribution is -2.14. The highest BCUT2D eigenvalue weighted by Gasteiger charge is 2.12. The van der Waals surface area contributed by atoms with Crippen LogP contribution in [0.3, 0.4) is 0 Å². The molecule has 6 heteroatoms. The highest BCUT2D eigenvalue weighted by atomic mass is 19.1. The molecule has 28 heavy (non-hydrogen) atoms. The lowest BCUT2D eigenvalue weighted by atomic mass is 10.0. The zero-order valence-electron chi connectivity index (χ0n) is 14.8. The molecule has 0 aliphatic carbocycles. The van der Waals surface area contributed by atoms with Crippen molar-refractivity contribution >= 4 is 11.9 Å². The van der Waals surface area contributed by atoms with Gasteiger partial charge in [-0.25, -0.2) is 4.39 Å². The number of amides is 1. The second kappa shape index (κ2) is 7.84. The Bertz CT molecular complexity index is 1090. The molecule has 0 saturated heterocycles. The van der Waals surface area contributed by atoms with Gasteiger partial charge >= 0.3 is 6.01 Å². The van der Waals surface area contributed by atoms with Gasteiger partial charge in [0.1, 0.15) is 5.82 Å². The lowest BCUT2D eigenvalue weighted by Gasteiger charge is -2.04. The Morgan fingerprint density at radius 3 is 2.32 bits per heavy atom. The third-order valence-electron chi connectivity index (χ3n) is 4.17. The molecule has 138 valence electrons. The van der Waals surface area contributed by atoms with E-state index in [0.29, 0.717) is 5.56 Å². The van der Waals surface area contributed by atoms with Gasteiger partial charge in [0.05, 0.1) is 6.42 Å². The molecule has 1 amide bonds. The fraction of sp³-hybridized carbons (Fsp3) is 0.0455. The maximum atomic E-state index is 13.3. The number of anilines is 1. The largest absolute Gasteiger partial charge is 0.403 e. The number of hydrogen-bond acceptors (Lipinski definition) is 4.